The number of alkyl halides is 3. The number of carbonyl (C=O) groups is 1. The number of guanidine groups is 1. The van der Waals surface area contributed by atoms with Gasteiger partial charge in [0.25, 0.3) is 0 Å². The van der Waals surface area contributed by atoms with Crippen molar-refractivity contribution >= 4 is 35.8 Å². The molecule has 1 amide bonds. The van der Waals surface area contributed by atoms with E-state index in [9.17, 15) is 18.0 Å². The summed E-state index contributed by atoms with van der Waals surface area (Å²) in [6.45, 7) is 9.79. The molecule has 0 bridgehead atoms. The number of rotatable bonds is 6. The van der Waals surface area contributed by atoms with Gasteiger partial charge in [0, 0.05) is 46.3 Å². The van der Waals surface area contributed by atoms with Crippen molar-refractivity contribution in [2.45, 2.75) is 26.9 Å². The number of halogens is 4. The second-order valence-corrected chi connectivity index (χ2v) is 6.72. The maximum absolute atomic E-state index is 12.3. The molecule has 10 heteroatoms. The van der Waals surface area contributed by atoms with Crippen LogP contribution in [0.1, 0.15) is 20.8 Å². The molecule has 1 saturated heterocycles. The predicted molar refractivity (Wildman–Crippen MR) is 108 cm³/mol. The molecule has 0 aromatic heterocycles. The first-order valence-corrected chi connectivity index (χ1v) is 8.68. The van der Waals surface area contributed by atoms with E-state index in [0.29, 0.717) is 23.3 Å². The van der Waals surface area contributed by atoms with Crippen LogP contribution >= 0.6 is 24.0 Å². The molecule has 0 radical (unpaired) electrons. The van der Waals surface area contributed by atoms with Gasteiger partial charge in [0.15, 0.2) is 5.96 Å². The van der Waals surface area contributed by atoms with E-state index in [4.69, 9.17) is 0 Å². The Morgan fingerprint density at radius 2 is 1.81 bits per heavy atom. The highest BCUT2D eigenvalue weighted by atomic mass is 127. The molecule has 0 aromatic rings. The Hall–Kier alpha value is -0.780. The maximum Gasteiger partial charge on any atom is 0.406 e. The van der Waals surface area contributed by atoms with E-state index in [1.807, 2.05) is 6.92 Å². The lowest BCUT2D eigenvalue weighted by molar-refractivity contribution is -0.157. The number of carbonyl (C=O) groups excluding carboxylic acids is 1. The predicted octanol–water partition coefficient (Wildman–Crippen LogP) is 1.86. The van der Waals surface area contributed by atoms with E-state index < -0.39 is 18.6 Å². The van der Waals surface area contributed by atoms with Crippen LogP contribution in [0.15, 0.2) is 4.99 Å². The van der Waals surface area contributed by atoms with Gasteiger partial charge in [0.1, 0.15) is 13.1 Å². The first kappa shape index (κ1) is 25.2. The summed E-state index contributed by atoms with van der Waals surface area (Å²) in [5, 5.41) is 3.11. The van der Waals surface area contributed by atoms with Crippen LogP contribution in [-0.2, 0) is 4.79 Å². The van der Waals surface area contributed by atoms with Crippen LogP contribution in [0.2, 0.25) is 0 Å². The van der Waals surface area contributed by atoms with E-state index in [0.717, 1.165) is 39.8 Å². The number of hydrogen-bond donors (Lipinski definition) is 1. The van der Waals surface area contributed by atoms with Gasteiger partial charge in [-0.05, 0) is 12.8 Å². The van der Waals surface area contributed by atoms with E-state index in [2.05, 4.69) is 34.0 Å². The molecule has 1 rings (SSSR count). The van der Waals surface area contributed by atoms with Gasteiger partial charge in [0.2, 0.25) is 5.91 Å². The molecule has 0 saturated carbocycles. The van der Waals surface area contributed by atoms with Crippen molar-refractivity contribution in [3.8, 4) is 0 Å². The highest BCUT2D eigenvalue weighted by Crippen LogP contribution is 2.15. The van der Waals surface area contributed by atoms with Crippen molar-refractivity contribution in [2.24, 2.45) is 10.9 Å². The molecule has 1 fully saturated rings. The number of amides is 1. The molecule has 1 N–H and O–H groups in total. The highest BCUT2D eigenvalue weighted by Gasteiger charge is 2.31. The molecule has 0 atom stereocenters. The number of aliphatic imine (C=N–C) groups is 1. The fourth-order valence-electron chi connectivity index (χ4n) is 2.70. The Morgan fingerprint density at radius 3 is 2.27 bits per heavy atom. The minimum absolute atomic E-state index is 0. The van der Waals surface area contributed by atoms with Crippen molar-refractivity contribution < 1.29 is 18.0 Å². The molecule has 0 aromatic carbocycles. The lowest BCUT2D eigenvalue weighted by Crippen LogP contribution is -2.53. The average molecular weight is 493 g/mol. The average Bonchev–Trinajstić information content (AvgIpc) is 2.49. The van der Waals surface area contributed by atoms with Gasteiger partial charge in [0.05, 0.1) is 0 Å². The standard InChI is InChI=1S/C16H30F3N5O.HI/c1-5-20-15(21-10-14(25)22(4)12-16(17,18)19)24-8-6-23(7-9-24)11-13(2)3;/h13H,5-12H2,1-4H3,(H,20,21);1H. The van der Waals surface area contributed by atoms with Crippen LogP contribution in [0.3, 0.4) is 0 Å². The third kappa shape index (κ3) is 9.79. The quantitative estimate of drug-likeness (QED) is 0.349. The summed E-state index contributed by atoms with van der Waals surface area (Å²) in [7, 11) is 1.14. The van der Waals surface area contributed by atoms with Crippen molar-refractivity contribution in [1.82, 2.24) is 20.0 Å². The molecule has 26 heavy (non-hydrogen) atoms. The van der Waals surface area contributed by atoms with Gasteiger partial charge >= 0.3 is 6.18 Å². The van der Waals surface area contributed by atoms with E-state index in [1.54, 1.807) is 0 Å². The fraction of sp³-hybridized carbons (Fsp3) is 0.875. The normalized spacial score (nSPS) is 16.5. The molecule has 0 spiro atoms. The molecule has 6 nitrogen and oxygen atoms in total. The number of nitrogens with zero attached hydrogens (tertiary/aromatic N) is 4. The summed E-state index contributed by atoms with van der Waals surface area (Å²) in [6.07, 6.45) is -4.40. The second-order valence-electron chi connectivity index (χ2n) is 6.72. The van der Waals surface area contributed by atoms with Gasteiger partial charge in [-0.3, -0.25) is 9.69 Å². The van der Waals surface area contributed by atoms with Crippen molar-refractivity contribution in [1.29, 1.82) is 0 Å². The lowest BCUT2D eigenvalue weighted by Gasteiger charge is -2.37. The Labute approximate surface area is 171 Å². The van der Waals surface area contributed by atoms with Crippen molar-refractivity contribution in [3.63, 3.8) is 0 Å². The summed E-state index contributed by atoms with van der Waals surface area (Å²) in [5.74, 6) is 0.543. The Morgan fingerprint density at radius 1 is 1.23 bits per heavy atom. The molecular weight excluding hydrogens is 462 g/mol. The smallest absolute Gasteiger partial charge is 0.357 e. The van der Waals surface area contributed by atoms with E-state index in [-0.39, 0.29) is 30.5 Å². The van der Waals surface area contributed by atoms with E-state index in [1.165, 1.54) is 0 Å². The van der Waals surface area contributed by atoms with Gasteiger partial charge in [-0.15, -0.1) is 24.0 Å². The Bertz CT molecular complexity index is 452. The fourth-order valence-corrected chi connectivity index (χ4v) is 2.70. The third-order valence-electron chi connectivity index (χ3n) is 3.84. The lowest BCUT2D eigenvalue weighted by atomic mass is 10.2. The van der Waals surface area contributed by atoms with Gasteiger partial charge < -0.3 is 15.1 Å². The number of hydrogen-bond acceptors (Lipinski definition) is 3. The van der Waals surface area contributed by atoms with Crippen LogP contribution in [0.5, 0.6) is 0 Å². The molecule has 1 aliphatic heterocycles. The minimum atomic E-state index is -4.40. The van der Waals surface area contributed by atoms with Crippen molar-refractivity contribution in [2.75, 3.05) is 59.4 Å². The van der Waals surface area contributed by atoms with Gasteiger partial charge in [-0.2, -0.15) is 13.2 Å². The number of piperazine rings is 1. The van der Waals surface area contributed by atoms with E-state index >= 15 is 0 Å². The number of nitrogens with one attached hydrogen (secondary N) is 1. The summed E-state index contributed by atoms with van der Waals surface area (Å²) >= 11 is 0. The topological polar surface area (TPSA) is 51.2 Å². The zero-order chi connectivity index (χ0) is 19.0. The molecule has 0 aliphatic carbocycles. The highest BCUT2D eigenvalue weighted by molar-refractivity contribution is 14.0. The zero-order valence-corrected chi connectivity index (χ0v) is 18.3. The summed E-state index contributed by atoms with van der Waals surface area (Å²) in [4.78, 5) is 21.2. The molecule has 1 aliphatic rings. The Balaban J connectivity index is 0.00000625. The molecular formula is C16H31F3IN5O. The number of likely N-dealkylation sites (N-methyl/N-ethyl adjacent to an activating group) is 1. The van der Waals surface area contributed by atoms with Crippen LogP contribution in [0.4, 0.5) is 13.2 Å². The van der Waals surface area contributed by atoms with Crippen LogP contribution in [0, 0.1) is 5.92 Å². The van der Waals surface area contributed by atoms with Gasteiger partial charge in [-0.1, -0.05) is 13.8 Å². The monoisotopic (exact) mass is 493 g/mol. The third-order valence-corrected chi connectivity index (χ3v) is 3.84. The maximum atomic E-state index is 12.3. The van der Waals surface area contributed by atoms with Crippen molar-refractivity contribution in [3.05, 3.63) is 0 Å². The Kier molecular flexibility index (Phi) is 11.5. The molecule has 1 heterocycles. The minimum Gasteiger partial charge on any atom is -0.357 e. The summed E-state index contributed by atoms with van der Waals surface area (Å²) < 4.78 is 37.0. The zero-order valence-electron chi connectivity index (χ0n) is 16.0. The first-order valence-electron chi connectivity index (χ1n) is 8.68. The second kappa shape index (κ2) is 11.8. The van der Waals surface area contributed by atoms with Crippen LogP contribution in [-0.4, -0.2) is 92.1 Å². The largest absolute Gasteiger partial charge is 0.406 e. The molecule has 0 unspecified atom stereocenters. The molecule has 154 valence electrons. The van der Waals surface area contributed by atoms with Gasteiger partial charge in [-0.25, -0.2) is 4.99 Å². The van der Waals surface area contributed by atoms with Crippen LogP contribution < -0.4 is 5.32 Å². The summed E-state index contributed by atoms with van der Waals surface area (Å²) in [5.41, 5.74) is 0. The van der Waals surface area contributed by atoms with Crippen LogP contribution in [0.25, 0.3) is 0 Å². The summed E-state index contributed by atoms with van der Waals surface area (Å²) in [6, 6.07) is 0. The first-order chi connectivity index (χ1) is 11.6. The SMILES string of the molecule is CCNC(=NCC(=O)N(C)CC(F)(F)F)N1CCN(CC(C)C)CC1.I.